The van der Waals surface area contributed by atoms with Crippen LogP contribution in [0.25, 0.3) is 0 Å². The fourth-order valence-corrected chi connectivity index (χ4v) is 3.13. The Kier molecular flexibility index (Phi) is 3.97. The van der Waals surface area contributed by atoms with Crippen molar-refractivity contribution < 1.29 is 9.90 Å². The lowest BCUT2D eigenvalue weighted by atomic mass is 9.85. The smallest absolute Gasteiger partial charge is 0.226 e. The summed E-state index contributed by atoms with van der Waals surface area (Å²) in [6.45, 7) is 6.79. The molecular weight excluding hydrogens is 228 g/mol. The Morgan fingerprint density at radius 1 is 1.17 bits per heavy atom. The molecule has 0 bridgehead atoms. The Labute approximate surface area is 110 Å². The molecule has 2 aliphatic rings. The lowest BCUT2D eigenvalue weighted by Gasteiger charge is -2.47. The summed E-state index contributed by atoms with van der Waals surface area (Å²) in [5, 5.41) is 10.1. The third kappa shape index (κ3) is 2.54. The molecule has 18 heavy (non-hydrogen) atoms. The van der Waals surface area contributed by atoms with Crippen LogP contribution in [-0.2, 0) is 4.79 Å². The van der Waals surface area contributed by atoms with Crippen molar-refractivity contribution >= 4 is 5.91 Å². The van der Waals surface area contributed by atoms with Crippen molar-refractivity contribution in [1.29, 1.82) is 0 Å². The van der Waals surface area contributed by atoms with Gasteiger partial charge >= 0.3 is 0 Å². The van der Waals surface area contributed by atoms with Gasteiger partial charge in [-0.2, -0.15) is 0 Å². The molecule has 0 spiro atoms. The minimum atomic E-state index is -0.404. The Hall–Kier alpha value is -0.610. The molecule has 104 valence electrons. The van der Waals surface area contributed by atoms with Gasteiger partial charge in [-0.15, -0.1) is 0 Å². The highest BCUT2D eigenvalue weighted by molar-refractivity contribution is 5.80. The maximum atomic E-state index is 12.6. The standard InChI is InChI=1S/C14H26N2O2/c1-14(2)12(17)5-4-8-16(14)13(18)11-6-9-15(3)10-7-11/h11-12,17H,4-10H2,1-3H3. The van der Waals surface area contributed by atoms with E-state index in [0.717, 1.165) is 45.3 Å². The minimum Gasteiger partial charge on any atom is -0.391 e. The van der Waals surface area contributed by atoms with Crippen LogP contribution >= 0.6 is 0 Å². The summed E-state index contributed by atoms with van der Waals surface area (Å²) in [5.41, 5.74) is -0.404. The number of likely N-dealkylation sites (tertiary alicyclic amines) is 2. The SMILES string of the molecule is CN1CCC(C(=O)N2CCCC(O)C2(C)C)CC1. The number of carbonyl (C=O) groups is 1. The first-order valence-corrected chi connectivity index (χ1v) is 7.11. The number of hydrogen-bond donors (Lipinski definition) is 1. The summed E-state index contributed by atoms with van der Waals surface area (Å²) >= 11 is 0. The normalized spacial score (nSPS) is 30.4. The van der Waals surface area contributed by atoms with Gasteiger partial charge in [0.1, 0.15) is 0 Å². The molecule has 2 heterocycles. The first-order valence-electron chi connectivity index (χ1n) is 7.11. The van der Waals surface area contributed by atoms with Gasteiger partial charge in [-0.25, -0.2) is 0 Å². The van der Waals surface area contributed by atoms with E-state index in [-0.39, 0.29) is 17.9 Å². The van der Waals surface area contributed by atoms with Crippen LogP contribution in [0, 0.1) is 5.92 Å². The van der Waals surface area contributed by atoms with E-state index in [0.29, 0.717) is 0 Å². The van der Waals surface area contributed by atoms with E-state index in [4.69, 9.17) is 0 Å². The molecule has 4 heteroatoms. The third-order valence-corrected chi connectivity index (χ3v) is 4.70. The van der Waals surface area contributed by atoms with E-state index in [1.54, 1.807) is 0 Å². The molecule has 2 aliphatic heterocycles. The molecule has 0 aromatic carbocycles. The van der Waals surface area contributed by atoms with Crippen LogP contribution in [0.4, 0.5) is 0 Å². The van der Waals surface area contributed by atoms with Crippen LogP contribution in [0.15, 0.2) is 0 Å². The van der Waals surface area contributed by atoms with Crippen LogP contribution in [0.2, 0.25) is 0 Å². The predicted octanol–water partition coefficient (Wildman–Crippen LogP) is 1.09. The summed E-state index contributed by atoms with van der Waals surface area (Å²) < 4.78 is 0. The van der Waals surface area contributed by atoms with Gasteiger partial charge in [-0.3, -0.25) is 4.79 Å². The minimum absolute atomic E-state index is 0.158. The zero-order valence-corrected chi connectivity index (χ0v) is 11.9. The van der Waals surface area contributed by atoms with Crippen LogP contribution in [0.1, 0.15) is 39.5 Å². The number of nitrogens with zero attached hydrogens (tertiary/aromatic N) is 2. The maximum Gasteiger partial charge on any atom is 0.226 e. The summed E-state index contributed by atoms with van der Waals surface area (Å²) in [5.74, 6) is 0.414. The molecule has 0 aromatic rings. The molecule has 0 aromatic heterocycles. The average Bonchev–Trinajstić information content (AvgIpc) is 2.33. The molecule has 0 saturated carbocycles. The van der Waals surface area contributed by atoms with Crippen molar-refractivity contribution in [1.82, 2.24) is 9.80 Å². The van der Waals surface area contributed by atoms with Gasteiger partial charge in [0.05, 0.1) is 11.6 Å². The number of amides is 1. The van der Waals surface area contributed by atoms with E-state index < -0.39 is 5.54 Å². The summed E-state index contributed by atoms with van der Waals surface area (Å²) in [6.07, 6.45) is 3.25. The summed E-state index contributed by atoms with van der Waals surface area (Å²) in [7, 11) is 2.11. The van der Waals surface area contributed by atoms with Gasteiger partial charge in [0.25, 0.3) is 0 Å². The van der Waals surface area contributed by atoms with Crippen LogP contribution in [0.3, 0.4) is 0 Å². The Morgan fingerprint density at radius 2 is 1.78 bits per heavy atom. The van der Waals surface area contributed by atoms with Gasteiger partial charge in [0.15, 0.2) is 0 Å². The number of rotatable bonds is 1. The van der Waals surface area contributed by atoms with Crippen molar-refractivity contribution in [3.8, 4) is 0 Å². The van der Waals surface area contributed by atoms with E-state index in [9.17, 15) is 9.90 Å². The molecule has 0 aliphatic carbocycles. The number of piperidine rings is 2. The largest absolute Gasteiger partial charge is 0.391 e. The molecule has 2 fully saturated rings. The van der Waals surface area contributed by atoms with Crippen LogP contribution in [-0.4, -0.2) is 59.1 Å². The maximum absolute atomic E-state index is 12.6. The molecular formula is C14H26N2O2. The van der Waals surface area contributed by atoms with Crippen molar-refractivity contribution in [3.63, 3.8) is 0 Å². The van der Waals surface area contributed by atoms with Crippen molar-refractivity contribution in [2.45, 2.75) is 51.2 Å². The first-order chi connectivity index (χ1) is 8.43. The predicted molar refractivity (Wildman–Crippen MR) is 71.3 cm³/mol. The number of aliphatic hydroxyl groups is 1. The van der Waals surface area contributed by atoms with Gasteiger partial charge in [-0.05, 0) is 59.7 Å². The van der Waals surface area contributed by atoms with Crippen LogP contribution in [0.5, 0.6) is 0 Å². The molecule has 1 N–H and O–H groups in total. The quantitative estimate of drug-likeness (QED) is 0.762. The summed E-state index contributed by atoms with van der Waals surface area (Å²) in [6, 6.07) is 0. The van der Waals surface area contributed by atoms with E-state index >= 15 is 0 Å². The Balaban J connectivity index is 2.03. The zero-order chi connectivity index (χ0) is 13.3. The number of carbonyl (C=O) groups excluding carboxylic acids is 1. The molecule has 1 atom stereocenters. The molecule has 1 unspecified atom stereocenters. The van der Waals surface area contributed by atoms with Crippen molar-refractivity contribution in [3.05, 3.63) is 0 Å². The lowest BCUT2D eigenvalue weighted by Crippen LogP contribution is -2.60. The molecule has 2 saturated heterocycles. The monoisotopic (exact) mass is 254 g/mol. The highest BCUT2D eigenvalue weighted by atomic mass is 16.3. The van der Waals surface area contributed by atoms with Crippen LogP contribution < -0.4 is 0 Å². The second-order valence-electron chi connectivity index (χ2n) is 6.38. The fourth-order valence-electron chi connectivity index (χ4n) is 3.13. The topological polar surface area (TPSA) is 43.8 Å². The Morgan fingerprint density at radius 3 is 2.39 bits per heavy atom. The number of hydrogen-bond acceptors (Lipinski definition) is 3. The van der Waals surface area contributed by atoms with Gasteiger partial charge in [-0.1, -0.05) is 0 Å². The summed E-state index contributed by atoms with van der Waals surface area (Å²) in [4.78, 5) is 16.8. The van der Waals surface area contributed by atoms with E-state index in [1.165, 1.54) is 0 Å². The fraction of sp³-hybridized carbons (Fsp3) is 0.929. The van der Waals surface area contributed by atoms with Gasteiger partial charge < -0.3 is 14.9 Å². The molecule has 0 radical (unpaired) electrons. The third-order valence-electron chi connectivity index (χ3n) is 4.70. The number of aliphatic hydroxyl groups excluding tert-OH is 1. The second kappa shape index (κ2) is 5.17. The molecule has 2 rings (SSSR count). The van der Waals surface area contributed by atoms with Gasteiger partial charge in [0, 0.05) is 12.5 Å². The molecule has 4 nitrogen and oxygen atoms in total. The second-order valence-corrected chi connectivity index (χ2v) is 6.38. The first kappa shape index (κ1) is 13.8. The van der Waals surface area contributed by atoms with E-state index in [1.807, 2.05) is 18.7 Å². The highest BCUT2D eigenvalue weighted by Gasteiger charge is 2.42. The highest BCUT2D eigenvalue weighted by Crippen LogP contribution is 2.31. The Bertz CT molecular complexity index is 309. The van der Waals surface area contributed by atoms with Gasteiger partial charge in [0.2, 0.25) is 5.91 Å². The van der Waals surface area contributed by atoms with Crippen molar-refractivity contribution in [2.24, 2.45) is 5.92 Å². The lowest BCUT2D eigenvalue weighted by molar-refractivity contribution is -0.151. The zero-order valence-electron chi connectivity index (χ0n) is 11.9. The molecule has 1 amide bonds. The van der Waals surface area contributed by atoms with E-state index in [2.05, 4.69) is 11.9 Å². The van der Waals surface area contributed by atoms with Crippen molar-refractivity contribution in [2.75, 3.05) is 26.7 Å². The average molecular weight is 254 g/mol.